The molecule has 10 nitrogen and oxygen atoms in total. The van der Waals surface area contributed by atoms with Crippen molar-refractivity contribution in [2.45, 2.75) is 18.7 Å². The van der Waals surface area contributed by atoms with Crippen LogP contribution in [0, 0.1) is 13.8 Å². The number of aryl methyl sites for hydroxylation is 2. The van der Waals surface area contributed by atoms with Gasteiger partial charge in [0.1, 0.15) is 16.0 Å². The highest BCUT2D eigenvalue weighted by molar-refractivity contribution is 7.89. The first-order valence-corrected chi connectivity index (χ1v) is 11.8. The Morgan fingerprint density at radius 2 is 1.88 bits per heavy atom. The zero-order valence-corrected chi connectivity index (χ0v) is 19.1. The number of aromatic amines is 1. The SMILES string of the molecule is Cc1n[nH]c(=O)c2c(NC(=O)CN3CCN(S(=O)(=O)c4ccccc4Cl)CC3)oc(C)c12. The van der Waals surface area contributed by atoms with Crippen LogP contribution in [0.15, 0.2) is 38.4 Å². The number of benzene rings is 1. The zero-order valence-electron chi connectivity index (χ0n) is 17.5. The van der Waals surface area contributed by atoms with Crippen LogP contribution in [0.1, 0.15) is 11.5 Å². The molecule has 0 bridgehead atoms. The van der Waals surface area contributed by atoms with E-state index in [2.05, 4.69) is 15.5 Å². The third-order valence-corrected chi connectivity index (χ3v) is 7.80. The van der Waals surface area contributed by atoms with Crippen molar-refractivity contribution in [3.63, 3.8) is 0 Å². The average molecular weight is 480 g/mol. The van der Waals surface area contributed by atoms with Gasteiger partial charge in [0.2, 0.25) is 21.8 Å². The number of hydrogen-bond donors (Lipinski definition) is 2. The van der Waals surface area contributed by atoms with Gasteiger partial charge in [0.15, 0.2) is 0 Å². The fourth-order valence-corrected chi connectivity index (χ4v) is 5.74. The third kappa shape index (κ3) is 4.16. The smallest absolute Gasteiger partial charge is 0.277 e. The van der Waals surface area contributed by atoms with Gasteiger partial charge in [0, 0.05) is 26.2 Å². The van der Waals surface area contributed by atoms with E-state index in [4.69, 9.17) is 16.0 Å². The summed E-state index contributed by atoms with van der Waals surface area (Å²) in [6.45, 7) is 4.68. The minimum atomic E-state index is -3.71. The van der Waals surface area contributed by atoms with Crippen molar-refractivity contribution in [2.24, 2.45) is 0 Å². The van der Waals surface area contributed by atoms with Crippen molar-refractivity contribution >= 4 is 44.2 Å². The number of nitrogens with one attached hydrogen (secondary N) is 2. The molecule has 0 aliphatic carbocycles. The zero-order chi connectivity index (χ0) is 23.0. The van der Waals surface area contributed by atoms with E-state index in [1.165, 1.54) is 16.4 Å². The molecule has 12 heteroatoms. The highest BCUT2D eigenvalue weighted by atomic mass is 35.5. The molecule has 1 saturated heterocycles. The summed E-state index contributed by atoms with van der Waals surface area (Å²) in [5.41, 5.74) is 0.147. The maximum Gasteiger partial charge on any atom is 0.277 e. The summed E-state index contributed by atoms with van der Waals surface area (Å²) in [4.78, 5) is 26.7. The van der Waals surface area contributed by atoms with Crippen molar-refractivity contribution in [2.75, 3.05) is 38.0 Å². The standard InChI is InChI=1S/C20H22ClN5O5S/c1-12-17-13(2)31-20(18(17)19(28)24-23-12)22-16(27)11-25-7-9-26(10-8-25)32(29,30)15-6-4-3-5-14(15)21/h3-6H,7-11H2,1-2H3,(H,22,27)(H,24,28). The maximum atomic E-state index is 12.9. The molecule has 3 aromatic rings. The normalized spacial score (nSPS) is 15.8. The number of furan rings is 1. The predicted octanol–water partition coefficient (Wildman–Crippen LogP) is 1.73. The Balaban J connectivity index is 1.41. The van der Waals surface area contributed by atoms with E-state index >= 15 is 0 Å². The van der Waals surface area contributed by atoms with Gasteiger partial charge in [-0.3, -0.25) is 19.8 Å². The first-order chi connectivity index (χ1) is 15.2. The summed E-state index contributed by atoms with van der Waals surface area (Å²) >= 11 is 6.06. The van der Waals surface area contributed by atoms with Crippen molar-refractivity contribution in [1.29, 1.82) is 0 Å². The molecule has 3 heterocycles. The molecule has 2 aromatic heterocycles. The van der Waals surface area contributed by atoms with Crippen molar-refractivity contribution in [3.8, 4) is 0 Å². The average Bonchev–Trinajstić information content (AvgIpc) is 3.08. The van der Waals surface area contributed by atoms with E-state index in [0.717, 1.165) is 0 Å². The summed E-state index contributed by atoms with van der Waals surface area (Å²) < 4.78 is 32.7. The monoisotopic (exact) mass is 479 g/mol. The van der Waals surface area contributed by atoms with Crippen LogP contribution >= 0.6 is 11.6 Å². The molecule has 0 atom stereocenters. The van der Waals surface area contributed by atoms with Gasteiger partial charge in [0.05, 0.1) is 22.6 Å². The van der Waals surface area contributed by atoms with Gasteiger partial charge in [-0.05, 0) is 26.0 Å². The van der Waals surface area contributed by atoms with Crippen molar-refractivity contribution < 1.29 is 17.6 Å². The number of hydrogen-bond acceptors (Lipinski definition) is 7. The first kappa shape index (κ1) is 22.5. The molecule has 0 saturated carbocycles. The van der Waals surface area contributed by atoms with Crippen LogP contribution in [0.5, 0.6) is 0 Å². The molecule has 0 spiro atoms. The lowest BCUT2D eigenvalue weighted by atomic mass is 10.2. The molecule has 170 valence electrons. The van der Waals surface area contributed by atoms with Gasteiger partial charge < -0.3 is 4.42 Å². The Kier molecular flexibility index (Phi) is 6.08. The minimum absolute atomic E-state index is 0.0309. The van der Waals surface area contributed by atoms with Gasteiger partial charge >= 0.3 is 0 Å². The van der Waals surface area contributed by atoms with Gasteiger partial charge in [0.25, 0.3) is 5.56 Å². The summed E-state index contributed by atoms with van der Waals surface area (Å²) in [6.07, 6.45) is 0. The third-order valence-electron chi connectivity index (χ3n) is 5.40. The Morgan fingerprint density at radius 1 is 1.19 bits per heavy atom. The highest BCUT2D eigenvalue weighted by Gasteiger charge is 2.30. The van der Waals surface area contributed by atoms with E-state index in [9.17, 15) is 18.0 Å². The van der Waals surface area contributed by atoms with Gasteiger partial charge in [-0.2, -0.15) is 9.40 Å². The fraction of sp³-hybridized carbons (Fsp3) is 0.350. The number of rotatable bonds is 5. The molecule has 0 unspecified atom stereocenters. The van der Waals surface area contributed by atoms with Gasteiger partial charge in [-0.15, -0.1) is 0 Å². The quantitative estimate of drug-likeness (QED) is 0.570. The lowest BCUT2D eigenvalue weighted by Gasteiger charge is -2.33. The molecule has 4 rings (SSSR count). The molecular weight excluding hydrogens is 458 g/mol. The van der Waals surface area contributed by atoms with E-state index < -0.39 is 15.6 Å². The lowest BCUT2D eigenvalue weighted by molar-refractivity contribution is -0.117. The van der Waals surface area contributed by atoms with Crippen molar-refractivity contribution in [1.82, 2.24) is 19.4 Å². The summed E-state index contributed by atoms with van der Waals surface area (Å²) in [5.74, 6) is 0.205. The van der Waals surface area contributed by atoms with Gasteiger partial charge in [-0.1, -0.05) is 23.7 Å². The van der Waals surface area contributed by atoms with E-state index in [1.807, 2.05) is 4.90 Å². The summed E-state index contributed by atoms with van der Waals surface area (Å²) in [7, 11) is -3.71. The van der Waals surface area contributed by atoms with E-state index in [-0.39, 0.29) is 46.7 Å². The number of sulfonamides is 1. The van der Waals surface area contributed by atoms with Crippen LogP contribution in [-0.2, 0) is 14.8 Å². The number of piperazine rings is 1. The maximum absolute atomic E-state index is 12.9. The second-order valence-electron chi connectivity index (χ2n) is 7.53. The molecule has 1 fully saturated rings. The highest BCUT2D eigenvalue weighted by Crippen LogP contribution is 2.28. The van der Waals surface area contributed by atoms with Crippen LogP contribution in [0.4, 0.5) is 5.88 Å². The van der Waals surface area contributed by atoms with Crippen LogP contribution in [0.25, 0.3) is 10.8 Å². The Bertz CT molecular complexity index is 1340. The number of nitrogens with zero attached hydrogens (tertiary/aromatic N) is 3. The van der Waals surface area contributed by atoms with Crippen LogP contribution < -0.4 is 10.9 Å². The Labute approximate surface area is 189 Å². The van der Waals surface area contributed by atoms with E-state index in [0.29, 0.717) is 29.9 Å². The Hall–Kier alpha value is -2.73. The number of halogens is 1. The predicted molar refractivity (Wildman–Crippen MR) is 119 cm³/mol. The minimum Gasteiger partial charge on any atom is -0.444 e. The Morgan fingerprint density at radius 3 is 2.56 bits per heavy atom. The number of amides is 1. The molecule has 1 aliphatic heterocycles. The number of fused-ring (bicyclic) bond motifs is 1. The molecule has 32 heavy (non-hydrogen) atoms. The molecule has 0 radical (unpaired) electrons. The number of H-pyrrole nitrogens is 1. The number of aromatic nitrogens is 2. The lowest BCUT2D eigenvalue weighted by Crippen LogP contribution is -2.50. The van der Waals surface area contributed by atoms with Crippen molar-refractivity contribution in [3.05, 3.63) is 51.1 Å². The first-order valence-electron chi connectivity index (χ1n) is 9.93. The van der Waals surface area contributed by atoms with Crippen LogP contribution in [-0.4, -0.2) is 66.5 Å². The molecular formula is C20H22ClN5O5S. The van der Waals surface area contributed by atoms with E-state index in [1.54, 1.807) is 26.0 Å². The number of carbonyl (C=O) groups excluding carboxylic acids is 1. The second-order valence-corrected chi connectivity index (χ2v) is 9.85. The largest absolute Gasteiger partial charge is 0.444 e. The molecule has 2 N–H and O–H groups in total. The summed E-state index contributed by atoms with van der Waals surface area (Å²) in [5, 5.41) is 9.96. The number of anilines is 1. The number of carbonyl (C=O) groups is 1. The van der Waals surface area contributed by atoms with Crippen LogP contribution in [0.3, 0.4) is 0 Å². The molecule has 1 aromatic carbocycles. The van der Waals surface area contributed by atoms with Crippen LogP contribution in [0.2, 0.25) is 5.02 Å². The fourth-order valence-electron chi connectivity index (χ4n) is 3.82. The molecule has 1 amide bonds. The molecule has 1 aliphatic rings. The summed E-state index contributed by atoms with van der Waals surface area (Å²) in [6, 6.07) is 6.32. The second kappa shape index (κ2) is 8.66. The topological polar surface area (TPSA) is 129 Å². The van der Waals surface area contributed by atoms with Gasteiger partial charge in [-0.25, -0.2) is 13.5 Å².